The summed E-state index contributed by atoms with van der Waals surface area (Å²) >= 11 is 2.60. The predicted octanol–water partition coefficient (Wildman–Crippen LogP) is 2.68. The molecule has 0 atom stereocenters. The van der Waals surface area contributed by atoms with E-state index >= 15 is 0 Å². The molecule has 0 amide bonds. The molecule has 0 aliphatic rings. The average molecular weight is 336 g/mol. The first-order valence-corrected chi connectivity index (χ1v) is 8.19. The molecule has 114 valence electrons. The predicted molar refractivity (Wildman–Crippen MR) is 82.9 cm³/mol. The number of carbonyl (C=O) groups excluding carboxylic acids is 1. The standard InChI is InChI=1S/C14H12N2O4S2/c1-9-8-22-14(18)16(9)6-13(17)19-7-10-5-11(20-15-10)12-3-2-4-21-12/h2-5,8H,6-7H2,1H3. The zero-order valence-electron chi connectivity index (χ0n) is 11.6. The number of thiophene rings is 1. The molecule has 0 unspecified atom stereocenters. The normalized spacial score (nSPS) is 10.8. The lowest BCUT2D eigenvalue weighted by Gasteiger charge is -2.04. The second-order valence-electron chi connectivity index (χ2n) is 4.55. The molecule has 3 aromatic heterocycles. The van der Waals surface area contributed by atoms with Crippen molar-refractivity contribution in [2.24, 2.45) is 0 Å². The molecule has 3 rings (SSSR count). The first-order valence-electron chi connectivity index (χ1n) is 6.43. The minimum absolute atomic E-state index is 0.0195. The summed E-state index contributed by atoms with van der Waals surface area (Å²) in [6.45, 7) is 1.70. The first-order chi connectivity index (χ1) is 10.6. The fourth-order valence-electron chi connectivity index (χ4n) is 1.84. The van der Waals surface area contributed by atoms with Crippen LogP contribution in [0.15, 0.2) is 38.3 Å². The smallest absolute Gasteiger partial charge is 0.326 e. The number of aryl methyl sites for hydroxylation is 1. The van der Waals surface area contributed by atoms with Gasteiger partial charge in [0.05, 0.1) is 4.88 Å². The number of hydrogen-bond donors (Lipinski definition) is 0. The number of hydrogen-bond acceptors (Lipinski definition) is 7. The minimum Gasteiger partial charge on any atom is -0.458 e. The van der Waals surface area contributed by atoms with Gasteiger partial charge in [-0.25, -0.2) is 0 Å². The Kier molecular flexibility index (Phi) is 4.21. The molecular formula is C14H12N2O4S2. The van der Waals surface area contributed by atoms with Crippen LogP contribution in [-0.4, -0.2) is 15.7 Å². The van der Waals surface area contributed by atoms with Crippen LogP contribution < -0.4 is 4.87 Å². The molecule has 0 aliphatic carbocycles. The zero-order chi connectivity index (χ0) is 15.5. The van der Waals surface area contributed by atoms with Gasteiger partial charge in [-0.15, -0.1) is 11.3 Å². The van der Waals surface area contributed by atoms with Crippen LogP contribution in [0.3, 0.4) is 0 Å². The summed E-state index contributed by atoms with van der Waals surface area (Å²) < 4.78 is 11.7. The number of nitrogens with zero attached hydrogens (tertiary/aromatic N) is 2. The Morgan fingerprint density at radius 1 is 1.45 bits per heavy atom. The Morgan fingerprint density at radius 2 is 2.32 bits per heavy atom. The Balaban J connectivity index is 1.59. The number of rotatable bonds is 5. The molecular weight excluding hydrogens is 324 g/mol. The van der Waals surface area contributed by atoms with Crippen LogP contribution in [0.25, 0.3) is 10.6 Å². The Hall–Kier alpha value is -2.19. The summed E-state index contributed by atoms with van der Waals surface area (Å²) in [4.78, 5) is 24.1. The number of esters is 1. The molecule has 3 heterocycles. The highest BCUT2D eigenvalue weighted by Crippen LogP contribution is 2.25. The summed E-state index contributed by atoms with van der Waals surface area (Å²) in [5.41, 5.74) is 1.28. The quantitative estimate of drug-likeness (QED) is 0.670. The van der Waals surface area contributed by atoms with E-state index < -0.39 is 5.97 Å². The van der Waals surface area contributed by atoms with Crippen LogP contribution in [0.2, 0.25) is 0 Å². The van der Waals surface area contributed by atoms with Crippen LogP contribution in [0, 0.1) is 6.92 Å². The summed E-state index contributed by atoms with van der Waals surface area (Å²) in [7, 11) is 0. The van der Waals surface area contributed by atoms with Gasteiger partial charge >= 0.3 is 10.8 Å². The van der Waals surface area contributed by atoms with Gasteiger partial charge < -0.3 is 9.26 Å². The van der Waals surface area contributed by atoms with Gasteiger partial charge in [0.1, 0.15) is 18.8 Å². The van der Waals surface area contributed by atoms with Crippen LogP contribution in [0.1, 0.15) is 11.4 Å². The average Bonchev–Trinajstić information content (AvgIpc) is 3.22. The molecule has 6 nitrogen and oxygen atoms in total. The molecule has 3 aromatic rings. The van der Waals surface area contributed by atoms with Crippen molar-refractivity contribution in [2.75, 3.05) is 0 Å². The van der Waals surface area contributed by atoms with Crippen molar-refractivity contribution in [3.05, 3.63) is 50.0 Å². The number of carbonyl (C=O) groups is 1. The van der Waals surface area contributed by atoms with Gasteiger partial charge in [-0.05, 0) is 18.4 Å². The minimum atomic E-state index is -0.482. The zero-order valence-corrected chi connectivity index (χ0v) is 13.3. The van der Waals surface area contributed by atoms with Crippen LogP contribution in [0.4, 0.5) is 0 Å². The van der Waals surface area contributed by atoms with E-state index in [9.17, 15) is 9.59 Å². The summed E-state index contributed by atoms with van der Waals surface area (Å²) in [6.07, 6.45) is 0. The maximum atomic E-state index is 11.8. The fraction of sp³-hybridized carbons (Fsp3) is 0.214. The van der Waals surface area contributed by atoms with Gasteiger partial charge in [-0.1, -0.05) is 22.6 Å². The first kappa shape index (κ1) is 14.7. The third-order valence-corrected chi connectivity index (χ3v) is 4.73. The molecule has 0 radical (unpaired) electrons. The van der Waals surface area contributed by atoms with E-state index in [4.69, 9.17) is 9.26 Å². The lowest BCUT2D eigenvalue weighted by atomic mass is 10.3. The molecule has 0 aliphatic heterocycles. The molecule has 0 saturated heterocycles. The summed E-state index contributed by atoms with van der Waals surface area (Å²) in [6, 6.07) is 5.58. The van der Waals surface area contributed by atoms with E-state index in [0.717, 1.165) is 21.9 Å². The van der Waals surface area contributed by atoms with Crippen molar-refractivity contribution in [1.29, 1.82) is 0 Å². The Labute approximate surface area is 133 Å². The van der Waals surface area contributed by atoms with Gasteiger partial charge in [-0.2, -0.15) is 0 Å². The third-order valence-electron chi connectivity index (χ3n) is 2.97. The van der Waals surface area contributed by atoms with Crippen LogP contribution >= 0.6 is 22.7 Å². The molecule has 0 aromatic carbocycles. The van der Waals surface area contributed by atoms with Crippen molar-refractivity contribution in [1.82, 2.24) is 9.72 Å². The van der Waals surface area contributed by atoms with E-state index in [1.54, 1.807) is 29.7 Å². The van der Waals surface area contributed by atoms with E-state index in [1.807, 2.05) is 17.5 Å². The van der Waals surface area contributed by atoms with Crippen LogP contribution in [0.5, 0.6) is 0 Å². The Bertz CT molecular complexity index is 829. The van der Waals surface area contributed by atoms with E-state index in [-0.39, 0.29) is 18.0 Å². The SMILES string of the molecule is Cc1csc(=O)n1CC(=O)OCc1cc(-c2cccs2)on1. The highest BCUT2D eigenvalue weighted by Gasteiger charge is 2.12. The van der Waals surface area contributed by atoms with E-state index in [2.05, 4.69) is 5.16 Å². The van der Waals surface area contributed by atoms with Gasteiger partial charge in [-0.3, -0.25) is 14.2 Å². The van der Waals surface area contributed by atoms with E-state index in [0.29, 0.717) is 11.5 Å². The van der Waals surface area contributed by atoms with Crippen molar-refractivity contribution in [3.63, 3.8) is 0 Å². The van der Waals surface area contributed by atoms with Gasteiger partial charge in [0.2, 0.25) is 0 Å². The van der Waals surface area contributed by atoms with Crippen molar-refractivity contribution in [3.8, 4) is 10.6 Å². The topological polar surface area (TPSA) is 74.3 Å². The van der Waals surface area contributed by atoms with Gasteiger partial charge in [0, 0.05) is 17.1 Å². The number of aromatic nitrogens is 2. The maximum Gasteiger partial charge on any atom is 0.326 e. The Morgan fingerprint density at radius 3 is 3.00 bits per heavy atom. The largest absolute Gasteiger partial charge is 0.458 e. The molecule has 0 spiro atoms. The van der Waals surface area contributed by atoms with E-state index in [1.165, 1.54) is 4.57 Å². The molecule has 0 bridgehead atoms. The highest BCUT2D eigenvalue weighted by atomic mass is 32.1. The molecule has 22 heavy (non-hydrogen) atoms. The second kappa shape index (κ2) is 6.29. The lowest BCUT2D eigenvalue weighted by molar-refractivity contribution is -0.145. The van der Waals surface area contributed by atoms with Gasteiger partial charge in [0.25, 0.3) is 0 Å². The van der Waals surface area contributed by atoms with Crippen molar-refractivity contribution >= 4 is 28.6 Å². The maximum absolute atomic E-state index is 11.8. The van der Waals surface area contributed by atoms with Gasteiger partial charge in [0.15, 0.2) is 5.76 Å². The fourth-order valence-corrected chi connectivity index (χ4v) is 3.25. The second-order valence-corrected chi connectivity index (χ2v) is 6.32. The molecule has 8 heteroatoms. The van der Waals surface area contributed by atoms with Crippen LogP contribution in [-0.2, 0) is 22.7 Å². The van der Waals surface area contributed by atoms with Crippen molar-refractivity contribution in [2.45, 2.75) is 20.1 Å². The highest BCUT2D eigenvalue weighted by molar-refractivity contribution is 7.13. The lowest BCUT2D eigenvalue weighted by Crippen LogP contribution is -2.22. The monoisotopic (exact) mass is 336 g/mol. The molecule has 0 fully saturated rings. The summed E-state index contributed by atoms with van der Waals surface area (Å²) in [5.74, 6) is 0.162. The number of ether oxygens (including phenoxy) is 1. The summed E-state index contributed by atoms with van der Waals surface area (Å²) in [5, 5.41) is 7.52. The molecule has 0 saturated carbocycles. The number of thiazole rings is 1. The van der Waals surface area contributed by atoms with Crippen molar-refractivity contribution < 1.29 is 14.1 Å². The molecule has 0 N–H and O–H groups in total. The third kappa shape index (κ3) is 3.18.